The van der Waals surface area contributed by atoms with Gasteiger partial charge in [-0.05, 0) is 20.3 Å². The van der Waals surface area contributed by atoms with E-state index in [1.807, 2.05) is 27.0 Å². The van der Waals surface area contributed by atoms with Crippen molar-refractivity contribution < 1.29 is 9.53 Å². The number of likely N-dealkylation sites (N-methyl/N-ethyl adjacent to an activating group) is 1. The fourth-order valence-electron chi connectivity index (χ4n) is 1.47. The molecule has 0 radical (unpaired) electrons. The van der Waals surface area contributed by atoms with E-state index in [9.17, 15) is 4.79 Å². The van der Waals surface area contributed by atoms with Gasteiger partial charge < -0.3 is 9.64 Å². The molecule has 1 aromatic heterocycles. The van der Waals surface area contributed by atoms with Crippen LogP contribution in [0.3, 0.4) is 0 Å². The molecule has 1 aromatic rings. The predicted molar refractivity (Wildman–Crippen MR) is 66.1 cm³/mol. The number of aromatic nitrogens is 2. The molecule has 0 atom stereocenters. The van der Waals surface area contributed by atoms with Gasteiger partial charge in [-0.25, -0.2) is 9.97 Å². The van der Waals surface area contributed by atoms with Gasteiger partial charge >= 0.3 is 5.97 Å². The Labute approximate surface area is 102 Å². The third-order valence-corrected chi connectivity index (χ3v) is 2.30. The van der Waals surface area contributed by atoms with Crippen molar-refractivity contribution in [3.05, 3.63) is 17.6 Å². The number of esters is 1. The fourth-order valence-corrected chi connectivity index (χ4v) is 1.47. The van der Waals surface area contributed by atoms with Crippen LogP contribution in [-0.4, -0.2) is 36.1 Å². The second-order valence-corrected chi connectivity index (χ2v) is 3.78. The molecule has 17 heavy (non-hydrogen) atoms. The molecule has 1 rings (SSSR count). The molecule has 0 bridgehead atoms. The van der Waals surface area contributed by atoms with Crippen LogP contribution in [-0.2, 0) is 16.0 Å². The Kier molecular flexibility index (Phi) is 4.87. The van der Waals surface area contributed by atoms with Crippen LogP contribution in [0.2, 0.25) is 0 Å². The van der Waals surface area contributed by atoms with Crippen LogP contribution in [0.1, 0.15) is 25.4 Å². The van der Waals surface area contributed by atoms with E-state index in [1.165, 1.54) is 0 Å². The lowest BCUT2D eigenvalue weighted by molar-refractivity contribution is -0.141. The Balaban J connectivity index is 2.77. The van der Waals surface area contributed by atoms with Gasteiger partial charge in [0.1, 0.15) is 18.2 Å². The van der Waals surface area contributed by atoms with E-state index in [4.69, 9.17) is 4.74 Å². The van der Waals surface area contributed by atoms with Crippen LogP contribution in [0.25, 0.3) is 0 Å². The number of carbonyl (C=O) groups is 1. The van der Waals surface area contributed by atoms with Crippen molar-refractivity contribution in [1.29, 1.82) is 0 Å². The lowest BCUT2D eigenvalue weighted by Crippen LogP contribution is -2.28. The van der Waals surface area contributed by atoms with Gasteiger partial charge in [0.25, 0.3) is 0 Å². The van der Waals surface area contributed by atoms with E-state index < -0.39 is 0 Å². The van der Waals surface area contributed by atoms with E-state index in [0.717, 1.165) is 23.8 Å². The first-order chi connectivity index (χ1) is 8.06. The molecule has 0 saturated carbocycles. The minimum Gasteiger partial charge on any atom is -0.465 e. The molecule has 0 amide bonds. The smallest absolute Gasteiger partial charge is 0.325 e. The molecule has 0 aliphatic heterocycles. The molecule has 5 heteroatoms. The number of hydrogen-bond acceptors (Lipinski definition) is 5. The van der Waals surface area contributed by atoms with Crippen molar-refractivity contribution in [2.45, 2.75) is 27.2 Å². The Morgan fingerprint density at radius 1 is 1.41 bits per heavy atom. The first kappa shape index (κ1) is 13.4. The Bertz CT molecular complexity index is 393. The number of anilines is 1. The summed E-state index contributed by atoms with van der Waals surface area (Å²) in [4.78, 5) is 21.7. The van der Waals surface area contributed by atoms with E-state index in [1.54, 1.807) is 11.8 Å². The highest BCUT2D eigenvalue weighted by Crippen LogP contribution is 2.11. The molecular formula is C12H19N3O2. The maximum Gasteiger partial charge on any atom is 0.325 e. The van der Waals surface area contributed by atoms with Crippen LogP contribution in [0.4, 0.5) is 5.82 Å². The molecule has 0 aliphatic carbocycles. The highest BCUT2D eigenvalue weighted by atomic mass is 16.5. The van der Waals surface area contributed by atoms with Gasteiger partial charge in [-0.1, -0.05) is 6.92 Å². The summed E-state index contributed by atoms with van der Waals surface area (Å²) in [5, 5.41) is 0. The first-order valence-electron chi connectivity index (χ1n) is 5.78. The summed E-state index contributed by atoms with van der Waals surface area (Å²) < 4.78 is 4.90. The van der Waals surface area contributed by atoms with Crippen molar-refractivity contribution >= 4 is 11.8 Å². The molecule has 0 spiro atoms. The highest BCUT2D eigenvalue weighted by Gasteiger charge is 2.10. The average Bonchev–Trinajstić information content (AvgIpc) is 2.28. The molecule has 0 N–H and O–H groups in total. The van der Waals surface area contributed by atoms with E-state index >= 15 is 0 Å². The summed E-state index contributed by atoms with van der Waals surface area (Å²) in [5.41, 5.74) is 0.975. The second-order valence-electron chi connectivity index (χ2n) is 3.78. The van der Waals surface area contributed by atoms with Crippen molar-refractivity contribution in [3.8, 4) is 0 Å². The van der Waals surface area contributed by atoms with Crippen LogP contribution >= 0.6 is 0 Å². The molecule has 0 fully saturated rings. The summed E-state index contributed by atoms with van der Waals surface area (Å²) in [5.74, 6) is 1.22. The minimum atomic E-state index is -0.246. The molecule has 0 saturated heterocycles. The van der Waals surface area contributed by atoms with Crippen LogP contribution in [0, 0.1) is 6.92 Å². The van der Waals surface area contributed by atoms with Gasteiger partial charge in [0.15, 0.2) is 0 Å². The van der Waals surface area contributed by atoms with Crippen LogP contribution in [0.5, 0.6) is 0 Å². The van der Waals surface area contributed by atoms with E-state index in [0.29, 0.717) is 6.61 Å². The van der Waals surface area contributed by atoms with Crippen LogP contribution < -0.4 is 4.90 Å². The molecule has 1 heterocycles. The molecule has 0 aliphatic rings. The lowest BCUT2D eigenvalue weighted by atomic mass is 10.3. The largest absolute Gasteiger partial charge is 0.465 e. The van der Waals surface area contributed by atoms with Crippen molar-refractivity contribution in [1.82, 2.24) is 9.97 Å². The molecule has 0 unspecified atom stereocenters. The predicted octanol–water partition coefficient (Wildman–Crippen LogP) is 1.35. The normalized spacial score (nSPS) is 10.1. The quantitative estimate of drug-likeness (QED) is 0.723. The topological polar surface area (TPSA) is 55.3 Å². The van der Waals surface area contributed by atoms with Crippen molar-refractivity contribution in [3.63, 3.8) is 0 Å². The van der Waals surface area contributed by atoms with Crippen molar-refractivity contribution in [2.24, 2.45) is 0 Å². The number of hydrogen-bond donors (Lipinski definition) is 0. The maximum absolute atomic E-state index is 11.4. The number of nitrogens with zero attached hydrogens (tertiary/aromatic N) is 3. The fraction of sp³-hybridized carbons (Fsp3) is 0.583. The minimum absolute atomic E-state index is 0.202. The van der Waals surface area contributed by atoms with E-state index in [-0.39, 0.29) is 12.5 Å². The molecular weight excluding hydrogens is 218 g/mol. The third-order valence-electron chi connectivity index (χ3n) is 2.30. The number of aryl methyl sites for hydroxylation is 2. The third kappa shape index (κ3) is 4.01. The molecule has 5 nitrogen and oxygen atoms in total. The average molecular weight is 237 g/mol. The lowest BCUT2D eigenvalue weighted by Gasteiger charge is -2.17. The highest BCUT2D eigenvalue weighted by molar-refractivity contribution is 5.75. The summed E-state index contributed by atoms with van der Waals surface area (Å²) in [7, 11) is 1.82. The molecule has 94 valence electrons. The number of rotatable bonds is 5. The van der Waals surface area contributed by atoms with Gasteiger partial charge in [-0.2, -0.15) is 0 Å². The summed E-state index contributed by atoms with van der Waals surface area (Å²) in [6.45, 7) is 6.28. The Hall–Kier alpha value is -1.65. The molecule has 0 aromatic carbocycles. The van der Waals surface area contributed by atoms with Crippen molar-refractivity contribution in [2.75, 3.05) is 25.1 Å². The summed E-state index contributed by atoms with van der Waals surface area (Å²) in [6, 6.07) is 1.90. The van der Waals surface area contributed by atoms with Gasteiger partial charge in [-0.3, -0.25) is 4.79 Å². The van der Waals surface area contributed by atoms with Gasteiger partial charge in [0, 0.05) is 18.8 Å². The zero-order valence-electron chi connectivity index (χ0n) is 10.9. The first-order valence-corrected chi connectivity index (χ1v) is 5.78. The van der Waals surface area contributed by atoms with Gasteiger partial charge in [-0.15, -0.1) is 0 Å². The summed E-state index contributed by atoms with van der Waals surface area (Å²) in [6.07, 6.45) is 0.851. The Morgan fingerprint density at radius 3 is 2.71 bits per heavy atom. The Morgan fingerprint density at radius 2 is 2.12 bits per heavy atom. The maximum atomic E-state index is 11.4. The number of ether oxygens (including phenoxy) is 1. The van der Waals surface area contributed by atoms with Gasteiger partial charge in [0.2, 0.25) is 0 Å². The second kappa shape index (κ2) is 6.18. The van der Waals surface area contributed by atoms with Crippen LogP contribution in [0.15, 0.2) is 6.07 Å². The monoisotopic (exact) mass is 237 g/mol. The zero-order valence-corrected chi connectivity index (χ0v) is 10.9. The summed E-state index contributed by atoms with van der Waals surface area (Å²) >= 11 is 0. The zero-order chi connectivity index (χ0) is 12.8. The number of carbonyl (C=O) groups excluding carboxylic acids is 1. The van der Waals surface area contributed by atoms with Gasteiger partial charge in [0.05, 0.1) is 6.61 Å². The van der Waals surface area contributed by atoms with E-state index in [2.05, 4.69) is 9.97 Å². The SMILES string of the molecule is CCOC(=O)CN(C)c1cc(CC)nc(C)n1. The standard InChI is InChI=1S/C12H19N3O2/c1-5-10-7-11(14-9(3)13-10)15(4)8-12(16)17-6-2/h7H,5-6,8H2,1-4H3.